The van der Waals surface area contributed by atoms with Crippen molar-refractivity contribution in [3.05, 3.63) is 35.1 Å². The van der Waals surface area contributed by atoms with Gasteiger partial charge in [-0.1, -0.05) is 6.07 Å². The third kappa shape index (κ3) is 3.55. The lowest BCUT2D eigenvalue weighted by molar-refractivity contribution is 0.112. The van der Waals surface area contributed by atoms with Crippen molar-refractivity contribution < 1.29 is 9.18 Å². The number of aldehydes is 1. The Bertz CT molecular complexity index is 377. The van der Waals surface area contributed by atoms with Crippen molar-refractivity contribution in [2.45, 2.75) is 25.7 Å². The van der Waals surface area contributed by atoms with Crippen LogP contribution in [0.25, 0.3) is 0 Å². The van der Waals surface area contributed by atoms with E-state index in [1.165, 1.54) is 12.1 Å². The number of aryl methyl sites for hydroxylation is 1. The Hall–Kier alpha value is -1.62. The van der Waals surface area contributed by atoms with Gasteiger partial charge in [0.15, 0.2) is 6.29 Å². The molecule has 2 heteroatoms. The molecular weight excluding hydrogens is 191 g/mol. The van der Waals surface area contributed by atoms with Crippen LogP contribution < -0.4 is 0 Å². The second kappa shape index (κ2) is 5.98. The summed E-state index contributed by atoms with van der Waals surface area (Å²) < 4.78 is 13.2. The molecule has 0 saturated heterocycles. The van der Waals surface area contributed by atoms with Crippen molar-refractivity contribution in [2.24, 2.45) is 0 Å². The molecule has 0 aromatic heterocycles. The smallest absolute Gasteiger partial charge is 0.152 e. The molecule has 0 bridgehead atoms. The summed E-state index contributed by atoms with van der Waals surface area (Å²) in [5, 5.41) is 0. The molecule has 0 amide bonds. The van der Waals surface area contributed by atoms with Crippen LogP contribution in [-0.2, 0) is 6.42 Å². The Morgan fingerprint density at radius 3 is 2.80 bits per heavy atom. The summed E-state index contributed by atoms with van der Waals surface area (Å²) >= 11 is 0. The highest BCUT2D eigenvalue weighted by molar-refractivity contribution is 5.75. The minimum atomic E-state index is -0.445. The number of benzene rings is 1. The first-order valence-corrected chi connectivity index (χ1v) is 4.95. The molecule has 0 fully saturated rings. The van der Waals surface area contributed by atoms with E-state index in [4.69, 9.17) is 6.42 Å². The Balaban J connectivity index is 2.53. The lowest BCUT2D eigenvalue weighted by Crippen LogP contribution is -1.91. The van der Waals surface area contributed by atoms with Gasteiger partial charge in [-0.3, -0.25) is 4.79 Å². The standard InChI is InChI=1S/C13H13FO/c1-2-3-4-5-6-11-7-8-12(10-15)13(14)9-11/h1,7-10H,3-6H2. The molecule has 1 aromatic carbocycles. The molecule has 78 valence electrons. The fraction of sp³-hybridized carbons (Fsp3) is 0.308. The molecule has 0 saturated carbocycles. The number of carbonyl (C=O) groups is 1. The van der Waals surface area contributed by atoms with Gasteiger partial charge in [0, 0.05) is 6.42 Å². The third-order valence-corrected chi connectivity index (χ3v) is 2.23. The molecular formula is C13H13FO. The average Bonchev–Trinajstić information content (AvgIpc) is 2.25. The molecule has 0 unspecified atom stereocenters. The number of terminal acetylenes is 1. The number of unbranched alkanes of at least 4 members (excludes halogenated alkanes) is 2. The Morgan fingerprint density at radius 2 is 2.20 bits per heavy atom. The fourth-order valence-electron chi connectivity index (χ4n) is 1.38. The molecule has 15 heavy (non-hydrogen) atoms. The normalized spacial score (nSPS) is 9.60. The number of carbonyl (C=O) groups excluding carboxylic acids is 1. The van der Waals surface area contributed by atoms with Gasteiger partial charge in [-0.05, 0) is 37.0 Å². The minimum Gasteiger partial charge on any atom is -0.298 e. The molecule has 0 aliphatic rings. The molecule has 0 heterocycles. The van der Waals surface area contributed by atoms with Gasteiger partial charge in [0.25, 0.3) is 0 Å². The highest BCUT2D eigenvalue weighted by Crippen LogP contribution is 2.11. The van der Waals surface area contributed by atoms with Crippen LogP contribution in [0.3, 0.4) is 0 Å². The fourth-order valence-corrected chi connectivity index (χ4v) is 1.38. The maximum absolute atomic E-state index is 13.2. The summed E-state index contributed by atoms with van der Waals surface area (Å²) in [5.74, 6) is 2.12. The number of hydrogen-bond acceptors (Lipinski definition) is 1. The van der Waals surface area contributed by atoms with E-state index in [9.17, 15) is 9.18 Å². The van der Waals surface area contributed by atoms with Crippen LogP contribution in [0.5, 0.6) is 0 Å². The monoisotopic (exact) mass is 204 g/mol. The van der Waals surface area contributed by atoms with Crippen LogP contribution in [0, 0.1) is 18.2 Å². The van der Waals surface area contributed by atoms with E-state index in [0.29, 0.717) is 6.29 Å². The molecule has 0 radical (unpaired) electrons. The number of hydrogen-bond donors (Lipinski definition) is 0. The first-order valence-electron chi connectivity index (χ1n) is 4.95. The van der Waals surface area contributed by atoms with E-state index in [0.717, 1.165) is 31.2 Å². The minimum absolute atomic E-state index is 0.113. The van der Waals surface area contributed by atoms with E-state index >= 15 is 0 Å². The van der Waals surface area contributed by atoms with E-state index in [1.807, 2.05) is 0 Å². The average molecular weight is 204 g/mol. The topological polar surface area (TPSA) is 17.1 Å². The van der Waals surface area contributed by atoms with Crippen LogP contribution in [0.1, 0.15) is 35.2 Å². The Labute approximate surface area is 89.3 Å². The molecule has 0 atom stereocenters. The van der Waals surface area contributed by atoms with Gasteiger partial charge in [0.05, 0.1) is 5.56 Å². The van der Waals surface area contributed by atoms with Crippen molar-refractivity contribution in [1.82, 2.24) is 0 Å². The zero-order chi connectivity index (χ0) is 11.1. The van der Waals surface area contributed by atoms with Gasteiger partial charge in [0.2, 0.25) is 0 Å². The lowest BCUT2D eigenvalue weighted by atomic mass is 10.1. The quantitative estimate of drug-likeness (QED) is 0.409. The van der Waals surface area contributed by atoms with Crippen molar-refractivity contribution in [3.63, 3.8) is 0 Å². The molecule has 0 aliphatic carbocycles. The maximum atomic E-state index is 13.2. The Kier molecular flexibility index (Phi) is 4.56. The first-order chi connectivity index (χ1) is 7.27. The second-order valence-corrected chi connectivity index (χ2v) is 3.38. The molecule has 1 nitrogen and oxygen atoms in total. The highest BCUT2D eigenvalue weighted by atomic mass is 19.1. The molecule has 1 rings (SSSR count). The number of rotatable bonds is 5. The van der Waals surface area contributed by atoms with Gasteiger partial charge < -0.3 is 0 Å². The van der Waals surface area contributed by atoms with Crippen molar-refractivity contribution in [3.8, 4) is 12.3 Å². The number of halogens is 1. The van der Waals surface area contributed by atoms with Gasteiger partial charge >= 0.3 is 0 Å². The van der Waals surface area contributed by atoms with Gasteiger partial charge in [-0.2, -0.15) is 0 Å². The van der Waals surface area contributed by atoms with Crippen LogP contribution in [-0.4, -0.2) is 6.29 Å². The van der Waals surface area contributed by atoms with Crippen LogP contribution in [0.2, 0.25) is 0 Å². The zero-order valence-corrected chi connectivity index (χ0v) is 8.50. The molecule has 0 aliphatic heterocycles. The summed E-state index contributed by atoms with van der Waals surface area (Å²) in [6, 6.07) is 4.71. The van der Waals surface area contributed by atoms with E-state index < -0.39 is 5.82 Å². The van der Waals surface area contributed by atoms with Gasteiger partial charge in [0.1, 0.15) is 5.82 Å². The summed E-state index contributed by atoms with van der Waals surface area (Å²) in [6.45, 7) is 0. The van der Waals surface area contributed by atoms with Crippen LogP contribution in [0.4, 0.5) is 4.39 Å². The maximum Gasteiger partial charge on any atom is 0.152 e. The van der Waals surface area contributed by atoms with Crippen molar-refractivity contribution in [2.75, 3.05) is 0 Å². The summed E-state index contributed by atoms with van der Waals surface area (Å²) in [5.41, 5.74) is 1.03. The third-order valence-electron chi connectivity index (χ3n) is 2.23. The van der Waals surface area contributed by atoms with Gasteiger partial charge in [-0.15, -0.1) is 12.3 Å². The van der Waals surface area contributed by atoms with Crippen molar-refractivity contribution >= 4 is 6.29 Å². The summed E-state index contributed by atoms with van der Waals surface area (Å²) in [6.07, 6.45) is 9.11. The van der Waals surface area contributed by atoms with Crippen molar-refractivity contribution in [1.29, 1.82) is 0 Å². The predicted octanol–water partition coefficient (Wildman–Crippen LogP) is 2.98. The molecule has 1 aromatic rings. The Morgan fingerprint density at radius 1 is 1.40 bits per heavy atom. The largest absolute Gasteiger partial charge is 0.298 e. The first kappa shape index (κ1) is 11.5. The summed E-state index contributed by atoms with van der Waals surface area (Å²) in [4.78, 5) is 10.4. The van der Waals surface area contributed by atoms with E-state index in [1.54, 1.807) is 6.07 Å². The van der Waals surface area contributed by atoms with Crippen LogP contribution in [0.15, 0.2) is 18.2 Å². The van der Waals surface area contributed by atoms with Gasteiger partial charge in [-0.25, -0.2) is 4.39 Å². The molecule has 0 N–H and O–H groups in total. The lowest BCUT2D eigenvalue weighted by Gasteiger charge is -2.01. The summed E-state index contributed by atoms with van der Waals surface area (Å²) in [7, 11) is 0. The second-order valence-electron chi connectivity index (χ2n) is 3.38. The highest BCUT2D eigenvalue weighted by Gasteiger charge is 2.01. The zero-order valence-electron chi connectivity index (χ0n) is 8.50. The SMILES string of the molecule is C#CCCCCc1ccc(C=O)c(F)c1. The predicted molar refractivity (Wildman–Crippen MR) is 58.2 cm³/mol. The van der Waals surface area contributed by atoms with E-state index in [-0.39, 0.29) is 5.56 Å². The molecule has 0 spiro atoms. The van der Waals surface area contributed by atoms with Crippen LogP contribution >= 0.6 is 0 Å². The van der Waals surface area contributed by atoms with E-state index in [2.05, 4.69) is 5.92 Å².